The highest BCUT2D eigenvalue weighted by molar-refractivity contribution is 6.30. The van der Waals surface area contributed by atoms with Gasteiger partial charge in [0.25, 0.3) is 11.8 Å². The van der Waals surface area contributed by atoms with Crippen molar-refractivity contribution < 1.29 is 48.0 Å². The van der Waals surface area contributed by atoms with Gasteiger partial charge in [-0.15, -0.1) is 0 Å². The lowest BCUT2D eigenvalue weighted by Gasteiger charge is -2.08. The van der Waals surface area contributed by atoms with Crippen molar-refractivity contribution in [2.75, 3.05) is 47.6 Å². The number of pyridine rings is 2. The van der Waals surface area contributed by atoms with E-state index < -0.39 is 30.3 Å². The first-order valence-corrected chi connectivity index (χ1v) is 16.0. The number of aromatic nitrogens is 2. The number of carboxylic acid groups (broad SMARTS) is 1. The molecule has 0 atom stereocenters. The third-order valence-electron chi connectivity index (χ3n) is 6.31. The minimum Gasteiger partial charge on any atom is -0.494 e. The van der Waals surface area contributed by atoms with Gasteiger partial charge in [-0.3, -0.25) is 19.2 Å². The molecular formula is C37H32Cl2N4O10. The third-order valence-corrected chi connectivity index (χ3v) is 6.82. The molecule has 53 heavy (non-hydrogen) atoms. The van der Waals surface area contributed by atoms with Gasteiger partial charge in [0.1, 0.15) is 37.8 Å². The van der Waals surface area contributed by atoms with Gasteiger partial charge in [-0.25, -0.2) is 9.97 Å². The molecule has 2 amide bonds. The van der Waals surface area contributed by atoms with E-state index in [9.17, 15) is 19.2 Å². The summed E-state index contributed by atoms with van der Waals surface area (Å²) < 4.78 is 25.7. The van der Waals surface area contributed by atoms with E-state index in [4.69, 9.17) is 47.3 Å². The van der Waals surface area contributed by atoms with Gasteiger partial charge in [-0.05, 0) is 60.7 Å². The standard InChI is InChI=1S/C19H17ClN2O5.C18H15ClN2O5/c1-25-16-10-13(4-3-9-27-15-7-5-14(20)6-8-15)11-21-18(16)19(24)22-12-17(23)26-2;1-25-15-9-12(10-20-17(15)18(24)21-11-16(22)23)3-2-8-26-14-6-4-13(19)5-7-14/h5-8,10-11H,9,12H2,1-2H3,(H,22,24);4-7,9-10H,8,11H2,1H3,(H,21,24)(H,22,23). The molecule has 0 aliphatic heterocycles. The summed E-state index contributed by atoms with van der Waals surface area (Å²) in [6.07, 6.45) is 2.83. The van der Waals surface area contributed by atoms with Crippen molar-refractivity contribution in [3.8, 4) is 46.7 Å². The van der Waals surface area contributed by atoms with Gasteiger partial charge in [0.15, 0.2) is 22.9 Å². The maximum atomic E-state index is 12.1. The molecule has 0 unspecified atom stereocenters. The molecule has 16 heteroatoms. The Hall–Kier alpha value is -6.48. The zero-order valence-electron chi connectivity index (χ0n) is 28.5. The summed E-state index contributed by atoms with van der Waals surface area (Å²) in [7, 11) is 4.03. The van der Waals surface area contributed by atoms with Crippen molar-refractivity contribution >= 4 is 47.0 Å². The Morgan fingerprint density at radius 3 is 1.47 bits per heavy atom. The molecule has 274 valence electrons. The summed E-state index contributed by atoms with van der Waals surface area (Å²) in [5.41, 5.74) is 1.11. The van der Waals surface area contributed by atoms with Gasteiger partial charge in [0.2, 0.25) is 0 Å². The van der Waals surface area contributed by atoms with Crippen molar-refractivity contribution in [3.63, 3.8) is 0 Å². The number of nitrogens with one attached hydrogen (secondary N) is 2. The Labute approximate surface area is 314 Å². The van der Waals surface area contributed by atoms with Crippen molar-refractivity contribution in [1.29, 1.82) is 0 Å². The number of hydrogen-bond donors (Lipinski definition) is 3. The fourth-order valence-electron chi connectivity index (χ4n) is 3.80. The van der Waals surface area contributed by atoms with E-state index >= 15 is 0 Å². The van der Waals surface area contributed by atoms with Crippen LogP contribution in [0.1, 0.15) is 32.1 Å². The van der Waals surface area contributed by atoms with E-state index in [0.29, 0.717) is 32.7 Å². The number of ether oxygens (including phenoxy) is 5. The van der Waals surface area contributed by atoms with Gasteiger partial charge in [0.05, 0.1) is 21.3 Å². The summed E-state index contributed by atoms with van der Waals surface area (Å²) in [5.74, 6) is 10.2. The molecule has 0 saturated carbocycles. The molecule has 2 aromatic heterocycles. The number of rotatable bonds is 12. The maximum absolute atomic E-state index is 12.1. The first-order chi connectivity index (χ1) is 25.5. The summed E-state index contributed by atoms with van der Waals surface area (Å²) in [5, 5.41) is 14.5. The van der Waals surface area contributed by atoms with Crippen molar-refractivity contribution in [2.45, 2.75) is 0 Å². The summed E-state index contributed by atoms with van der Waals surface area (Å²) in [6.45, 7) is -0.437. The molecule has 0 aliphatic carbocycles. The fraction of sp³-hybridized carbons (Fsp3) is 0.189. The Balaban J connectivity index is 0.000000286. The smallest absolute Gasteiger partial charge is 0.325 e. The van der Waals surface area contributed by atoms with Crippen LogP contribution in [0.4, 0.5) is 0 Å². The van der Waals surface area contributed by atoms with Crippen LogP contribution in [0, 0.1) is 23.7 Å². The Kier molecular flexibility index (Phi) is 16.7. The zero-order valence-corrected chi connectivity index (χ0v) is 30.0. The predicted octanol–water partition coefficient (Wildman–Crippen LogP) is 4.07. The predicted molar refractivity (Wildman–Crippen MR) is 194 cm³/mol. The van der Waals surface area contributed by atoms with E-state index in [1.54, 1.807) is 54.6 Å². The van der Waals surface area contributed by atoms with Crippen LogP contribution in [0.15, 0.2) is 73.1 Å². The van der Waals surface area contributed by atoms with Crippen LogP contribution < -0.4 is 29.6 Å². The average Bonchev–Trinajstić information content (AvgIpc) is 3.17. The van der Waals surface area contributed by atoms with Crippen LogP contribution in [0.5, 0.6) is 23.0 Å². The minimum absolute atomic E-state index is 0.0169. The summed E-state index contributed by atoms with van der Waals surface area (Å²) in [4.78, 5) is 53.6. The lowest BCUT2D eigenvalue weighted by atomic mass is 10.2. The first kappa shape index (κ1) is 40.9. The average molecular weight is 764 g/mol. The number of halogens is 2. The molecule has 0 aliphatic rings. The number of nitrogens with zero attached hydrogens (tertiary/aromatic N) is 2. The Bertz CT molecular complexity index is 2020. The second-order valence-corrected chi connectivity index (χ2v) is 10.8. The molecule has 0 saturated heterocycles. The van der Waals surface area contributed by atoms with Crippen molar-refractivity contribution in [3.05, 3.63) is 106 Å². The Morgan fingerprint density at radius 1 is 0.679 bits per heavy atom. The van der Waals surface area contributed by atoms with Gasteiger partial charge < -0.3 is 39.4 Å². The van der Waals surface area contributed by atoms with Gasteiger partial charge in [-0.2, -0.15) is 0 Å². The molecule has 4 aromatic rings. The summed E-state index contributed by atoms with van der Waals surface area (Å²) >= 11 is 11.6. The molecule has 14 nitrogen and oxygen atoms in total. The highest BCUT2D eigenvalue weighted by atomic mass is 35.5. The fourth-order valence-corrected chi connectivity index (χ4v) is 4.05. The van der Waals surface area contributed by atoms with Gasteiger partial charge in [0, 0.05) is 33.6 Å². The SMILES string of the molecule is COC(=O)CNC(=O)c1ncc(C#CCOc2ccc(Cl)cc2)cc1OC.COc1cc(C#CCOc2ccc(Cl)cc2)cnc1C(=O)NCC(=O)O. The molecular weight excluding hydrogens is 731 g/mol. The zero-order chi connectivity index (χ0) is 38.6. The lowest BCUT2D eigenvalue weighted by molar-refractivity contribution is -0.139. The van der Waals surface area contributed by atoms with Crippen LogP contribution in [0.3, 0.4) is 0 Å². The van der Waals surface area contributed by atoms with Crippen LogP contribution >= 0.6 is 23.2 Å². The number of aliphatic carboxylic acids is 1. The number of hydrogen-bond acceptors (Lipinski definition) is 11. The monoisotopic (exact) mass is 762 g/mol. The van der Waals surface area contributed by atoms with Crippen LogP contribution in [-0.4, -0.2) is 86.5 Å². The van der Waals surface area contributed by atoms with Gasteiger partial charge in [-0.1, -0.05) is 46.9 Å². The normalized spacial score (nSPS) is 9.60. The molecule has 0 radical (unpaired) electrons. The van der Waals surface area contributed by atoms with E-state index in [-0.39, 0.29) is 42.6 Å². The van der Waals surface area contributed by atoms with E-state index in [1.165, 1.54) is 39.8 Å². The molecule has 0 spiro atoms. The second kappa shape index (κ2) is 21.7. The van der Waals surface area contributed by atoms with E-state index in [2.05, 4.69) is 49.0 Å². The number of methoxy groups -OCH3 is 3. The van der Waals surface area contributed by atoms with Crippen molar-refractivity contribution in [2.24, 2.45) is 0 Å². The third kappa shape index (κ3) is 14.3. The molecule has 0 fully saturated rings. The number of carboxylic acids is 1. The first-order valence-electron chi connectivity index (χ1n) is 15.2. The van der Waals surface area contributed by atoms with Crippen molar-refractivity contribution in [1.82, 2.24) is 20.6 Å². The maximum Gasteiger partial charge on any atom is 0.325 e. The number of benzene rings is 2. The molecule has 0 bridgehead atoms. The second-order valence-electron chi connectivity index (χ2n) is 9.97. The van der Waals surface area contributed by atoms with Crippen LogP contribution in [0.25, 0.3) is 0 Å². The quantitative estimate of drug-likeness (QED) is 0.139. The number of esters is 1. The number of carbonyl (C=O) groups excluding carboxylic acids is 3. The highest BCUT2D eigenvalue weighted by Crippen LogP contribution is 2.19. The molecule has 4 rings (SSSR count). The Morgan fingerprint density at radius 2 is 1.09 bits per heavy atom. The molecule has 3 N–H and O–H groups in total. The minimum atomic E-state index is -1.15. The topological polar surface area (TPSA) is 184 Å². The van der Waals surface area contributed by atoms with E-state index in [0.717, 1.165) is 0 Å². The van der Waals surface area contributed by atoms with Crippen LogP contribution in [0.2, 0.25) is 10.0 Å². The number of carbonyl (C=O) groups is 4. The van der Waals surface area contributed by atoms with Gasteiger partial charge >= 0.3 is 11.9 Å². The largest absolute Gasteiger partial charge is 0.494 e. The molecule has 2 aromatic carbocycles. The lowest BCUT2D eigenvalue weighted by Crippen LogP contribution is -2.31. The molecule has 2 heterocycles. The van der Waals surface area contributed by atoms with Crippen LogP contribution in [-0.2, 0) is 14.3 Å². The number of amides is 2. The summed E-state index contributed by atoms with van der Waals surface area (Å²) in [6, 6.07) is 17.0. The highest BCUT2D eigenvalue weighted by Gasteiger charge is 2.16. The van der Waals surface area contributed by atoms with E-state index in [1.807, 2.05) is 0 Å².